The number of carbonyl (C=O) groups excluding carboxylic acids is 1. The molecule has 1 amide bonds. The Bertz CT molecular complexity index is 743. The van der Waals surface area contributed by atoms with Crippen molar-refractivity contribution >= 4 is 22.8 Å². The Morgan fingerprint density at radius 2 is 2.04 bits per heavy atom. The number of aryl methyl sites for hydroxylation is 1. The molecule has 0 saturated carbocycles. The molecule has 2 aromatic rings. The average molecular weight is 316 g/mol. The number of pyridine rings is 1. The molecular weight excluding hydrogens is 296 g/mol. The van der Waals surface area contributed by atoms with Crippen LogP contribution in [-0.2, 0) is 4.79 Å². The second kappa shape index (κ2) is 7.09. The lowest BCUT2D eigenvalue weighted by Crippen LogP contribution is -2.33. The van der Waals surface area contributed by atoms with Gasteiger partial charge in [0.15, 0.2) is 0 Å². The summed E-state index contributed by atoms with van der Waals surface area (Å²) in [6.45, 7) is 4.24. The largest absolute Gasteiger partial charge is 0.497 e. The first-order chi connectivity index (χ1) is 11.0. The highest BCUT2D eigenvalue weighted by molar-refractivity contribution is 5.99. The van der Waals surface area contributed by atoms with Crippen LogP contribution in [0.5, 0.6) is 5.75 Å². The number of fused-ring (bicyclic) bond motifs is 1. The zero-order chi connectivity index (χ0) is 17.0. The molecule has 0 spiro atoms. The first-order valence-electron chi connectivity index (χ1n) is 7.42. The van der Waals surface area contributed by atoms with Gasteiger partial charge in [0.2, 0.25) is 0 Å². The maximum atomic E-state index is 12.6. The number of carbonyl (C=O) groups is 2. The number of hydrogen-bond acceptors (Lipinski definition) is 4. The maximum Gasteiger partial charge on any atom is 0.305 e. The Balaban J connectivity index is 2.35. The minimum absolute atomic E-state index is 0.0726. The standard InChI is InChI=1S/C17H20N2O4/c1-4-19(8-7-16(20)21)17(22)14-9-12-5-6-13(23-3)10-15(12)18-11(14)2/h5-6,9-10H,4,7-8H2,1-3H3,(H,20,21). The van der Waals surface area contributed by atoms with Gasteiger partial charge in [0.05, 0.1) is 30.3 Å². The van der Waals surface area contributed by atoms with E-state index in [0.29, 0.717) is 23.6 Å². The van der Waals surface area contributed by atoms with Crippen LogP contribution >= 0.6 is 0 Å². The summed E-state index contributed by atoms with van der Waals surface area (Å²) in [6.07, 6.45) is -0.0726. The van der Waals surface area contributed by atoms with Crippen LogP contribution in [0.15, 0.2) is 24.3 Å². The van der Waals surface area contributed by atoms with Crippen LogP contribution in [0, 0.1) is 6.92 Å². The van der Waals surface area contributed by atoms with Crippen molar-refractivity contribution in [3.05, 3.63) is 35.5 Å². The quantitative estimate of drug-likeness (QED) is 0.885. The van der Waals surface area contributed by atoms with Gasteiger partial charge < -0.3 is 14.7 Å². The van der Waals surface area contributed by atoms with Crippen molar-refractivity contribution in [2.24, 2.45) is 0 Å². The molecule has 23 heavy (non-hydrogen) atoms. The van der Waals surface area contributed by atoms with E-state index in [2.05, 4.69) is 4.98 Å². The summed E-state index contributed by atoms with van der Waals surface area (Å²) in [5.41, 5.74) is 1.87. The fourth-order valence-corrected chi connectivity index (χ4v) is 2.39. The summed E-state index contributed by atoms with van der Waals surface area (Å²) >= 11 is 0. The summed E-state index contributed by atoms with van der Waals surface area (Å²) in [5, 5.41) is 9.64. The number of hydrogen-bond donors (Lipinski definition) is 1. The van der Waals surface area contributed by atoms with Crippen LogP contribution in [0.1, 0.15) is 29.4 Å². The summed E-state index contributed by atoms with van der Waals surface area (Å²) < 4.78 is 5.18. The Hall–Kier alpha value is -2.63. The van der Waals surface area contributed by atoms with E-state index in [1.165, 1.54) is 4.90 Å². The predicted octanol–water partition coefficient (Wildman–Crippen LogP) is 2.49. The van der Waals surface area contributed by atoms with Crippen LogP contribution in [0.25, 0.3) is 10.9 Å². The molecule has 1 heterocycles. The van der Waals surface area contributed by atoms with Crippen LogP contribution < -0.4 is 4.74 Å². The van der Waals surface area contributed by atoms with Crippen molar-refractivity contribution in [1.82, 2.24) is 9.88 Å². The van der Waals surface area contributed by atoms with Gasteiger partial charge in [-0.05, 0) is 32.0 Å². The van der Waals surface area contributed by atoms with E-state index in [1.807, 2.05) is 25.1 Å². The summed E-state index contributed by atoms with van der Waals surface area (Å²) in [4.78, 5) is 29.4. The topological polar surface area (TPSA) is 79.7 Å². The minimum Gasteiger partial charge on any atom is -0.497 e. The lowest BCUT2D eigenvalue weighted by atomic mass is 10.1. The van der Waals surface area contributed by atoms with Crippen molar-refractivity contribution in [3.63, 3.8) is 0 Å². The fourth-order valence-electron chi connectivity index (χ4n) is 2.39. The third kappa shape index (κ3) is 3.77. The maximum absolute atomic E-state index is 12.6. The van der Waals surface area contributed by atoms with E-state index in [9.17, 15) is 9.59 Å². The first-order valence-corrected chi connectivity index (χ1v) is 7.42. The van der Waals surface area contributed by atoms with Crippen LogP contribution in [0.4, 0.5) is 0 Å². The minimum atomic E-state index is -0.920. The molecule has 0 aliphatic carbocycles. The van der Waals surface area contributed by atoms with Crippen LogP contribution in [0.3, 0.4) is 0 Å². The monoisotopic (exact) mass is 316 g/mol. The number of amides is 1. The highest BCUT2D eigenvalue weighted by Crippen LogP contribution is 2.22. The van der Waals surface area contributed by atoms with E-state index >= 15 is 0 Å². The highest BCUT2D eigenvalue weighted by atomic mass is 16.5. The van der Waals surface area contributed by atoms with Gasteiger partial charge in [-0.3, -0.25) is 14.6 Å². The van der Waals surface area contributed by atoms with E-state index in [1.54, 1.807) is 20.1 Å². The molecule has 0 fully saturated rings. The lowest BCUT2D eigenvalue weighted by molar-refractivity contribution is -0.137. The van der Waals surface area contributed by atoms with Gasteiger partial charge in [-0.2, -0.15) is 0 Å². The summed E-state index contributed by atoms with van der Waals surface area (Å²) in [5.74, 6) is -0.409. The molecular formula is C17H20N2O4. The number of aromatic nitrogens is 1. The van der Waals surface area contributed by atoms with E-state index in [-0.39, 0.29) is 18.9 Å². The third-order valence-electron chi connectivity index (χ3n) is 3.71. The molecule has 1 aromatic heterocycles. The SMILES string of the molecule is CCN(CCC(=O)O)C(=O)c1cc2ccc(OC)cc2nc1C. The van der Waals surface area contributed by atoms with E-state index in [0.717, 1.165) is 10.9 Å². The van der Waals surface area contributed by atoms with Gasteiger partial charge in [-0.1, -0.05) is 0 Å². The molecule has 0 aliphatic heterocycles. The number of carboxylic acid groups (broad SMARTS) is 1. The third-order valence-corrected chi connectivity index (χ3v) is 3.71. The van der Waals surface area contributed by atoms with E-state index in [4.69, 9.17) is 9.84 Å². The fraction of sp³-hybridized carbons (Fsp3) is 0.353. The van der Waals surface area contributed by atoms with Crippen molar-refractivity contribution in [3.8, 4) is 5.75 Å². The van der Waals surface area contributed by atoms with Gasteiger partial charge in [0, 0.05) is 24.5 Å². The Morgan fingerprint density at radius 1 is 1.30 bits per heavy atom. The lowest BCUT2D eigenvalue weighted by Gasteiger charge is -2.21. The number of aliphatic carboxylic acids is 1. The van der Waals surface area contributed by atoms with Crippen molar-refractivity contribution in [1.29, 1.82) is 0 Å². The number of benzene rings is 1. The molecule has 0 atom stereocenters. The number of rotatable bonds is 6. The number of methoxy groups -OCH3 is 1. The predicted molar refractivity (Wildman–Crippen MR) is 86.9 cm³/mol. The molecule has 2 rings (SSSR count). The Labute approximate surface area is 134 Å². The van der Waals surface area contributed by atoms with Crippen molar-refractivity contribution in [2.45, 2.75) is 20.3 Å². The molecule has 0 bridgehead atoms. The smallest absolute Gasteiger partial charge is 0.305 e. The molecule has 6 nitrogen and oxygen atoms in total. The van der Waals surface area contributed by atoms with Gasteiger partial charge in [-0.15, -0.1) is 0 Å². The van der Waals surface area contributed by atoms with Crippen LogP contribution in [-0.4, -0.2) is 47.1 Å². The van der Waals surface area contributed by atoms with Crippen molar-refractivity contribution < 1.29 is 19.4 Å². The molecule has 0 saturated heterocycles. The Morgan fingerprint density at radius 3 is 2.65 bits per heavy atom. The average Bonchev–Trinajstić information content (AvgIpc) is 2.53. The molecule has 1 N–H and O–H groups in total. The summed E-state index contributed by atoms with van der Waals surface area (Å²) in [7, 11) is 1.59. The number of ether oxygens (including phenoxy) is 1. The van der Waals surface area contributed by atoms with E-state index < -0.39 is 5.97 Å². The van der Waals surface area contributed by atoms with Gasteiger partial charge in [0.25, 0.3) is 5.91 Å². The molecule has 0 aliphatic rings. The second-order valence-electron chi connectivity index (χ2n) is 5.21. The van der Waals surface area contributed by atoms with Gasteiger partial charge in [0.1, 0.15) is 5.75 Å². The normalized spacial score (nSPS) is 10.6. The molecule has 0 radical (unpaired) electrons. The molecule has 6 heteroatoms. The van der Waals surface area contributed by atoms with Crippen LogP contribution in [0.2, 0.25) is 0 Å². The van der Waals surface area contributed by atoms with Gasteiger partial charge in [-0.25, -0.2) is 0 Å². The zero-order valence-electron chi connectivity index (χ0n) is 13.5. The molecule has 0 unspecified atom stereocenters. The number of nitrogens with zero attached hydrogens (tertiary/aromatic N) is 2. The zero-order valence-corrected chi connectivity index (χ0v) is 13.5. The second-order valence-corrected chi connectivity index (χ2v) is 5.21. The van der Waals surface area contributed by atoms with Gasteiger partial charge >= 0.3 is 5.97 Å². The van der Waals surface area contributed by atoms with Crippen molar-refractivity contribution in [2.75, 3.05) is 20.2 Å². The Kier molecular flexibility index (Phi) is 5.16. The summed E-state index contributed by atoms with van der Waals surface area (Å²) in [6, 6.07) is 7.28. The number of carboxylic acids is 1. The molecule has 122 valence electrons. The first kappa shape index (κ1) is 16.7. The highest BCUT2D eigenvalue weighted by Gasteiger charge is 2.18. The molecule has 1 aromatic carbocycles.